The van der Waals surface area contributed by atoms with Crippen LogP contribution < -0.4 is 0 Å². The molecular formula is C8H14F2N2. The van der Waals surface area contributed by atoms with Crippen molar-refractivity contribution in [2.75, 3.05) is 0 Å². The fourth-order valence-corrected chi connectivity index (χ4v) is 0.540. The van der Waals surface area contributed by atoms with Crippen molar-refractivity contribution in [3.8, 4) is 0 Å². The number of hydrogen-bond donors (Lipinski definition) is 0. The summed E-state index contributed by atoms with van der Waals surface area (Å²) in [6, 6.07) is 0. The average Bonchev–Trinajstić information content (AvgIpc) is 2.37. The Morgan fingerprint density at radius 3 is 2.17 bits per heavy atom. The van der Waals surface area contributed by atoms with Crippen molar-refractivity contribution in [3.05, 3.63) is 18.0 Å². The molecule has 1 rings (SSSR count). The van der Waals surface area contributed by atoms with Crippen LogP contribution in [0.5, 0.6) is 0 Å². The molecule has 0 N–H and O–H groups in total. The molecule has 0 atom stereocenters. The molecule has 0 aliphatic heterocycles. The van der Waals surface area contributed by atoms with Gasteiger partial charge in [0.25, 0.3) is 0 Å². The van der Waals surface area contributed by atoms with E-state index >= 15 is 0 Å². The van der Waals surface area contributed by atoms with Crippen LogP contribution in [0, 0.1) is 6.92 Å². The van der Waals surface area contributed by atoms with Crippen molar-refractivity contribution in [2.45, 2.75) is 33.7 Å². The van der Waals surface area contributed by atoms with Crippen LogP contribution in [0.1, 0.15) is 32.4 Å². The largest absolute Gasteiger partial charge is 0.333 e. The second kappa shape index (κ2) is 5.69. The summed E-state index contributed by atoms with van der Waals surface area (Å²) in [6.07, 6.45) is 3.94. The zero-order chi connectivity index (χ0) is 9.56. The van der Waals surface area contributed by atoms with E-state index < -0.39 is 6.55 Å². The van der Waals surface area contributed by atoms with Crippen molar-refractivity contribution in [1.82, 2.24) is 9.78 Å². The summed E-state index contributed by atoms with van der Waals surface area (Å²) in [4.78, 5) is 0. The Kier molecular flexibility index (Phi) is 5.25. The number of hydrogen-bond acceptors (Lipinski definition) is 1. The summed E-state index contributed by atoms with van der Waals surface area (Å²) in [7, 11) is 0. The van der Waals surface area contributed by atoms with Gasteiger partial charge in [0.1, 0.15) is 0 Å². The molecule has 1 aromatic rings. The number of aryl methyl sites for hydroxylation is 1. The van der Waals surface area contributed by atoms with Crippen LogP contribution in [0.3, 0.4) is 0 Å². The average molecular weight is 176 g/mol. The fraction of sp³-hybridized carbons (Fsp3) is 0.625. The van der Waals surface area contributed by atoms with Crippen molar-refractivity contribution in [1.29, 1.82) is 0 Å². The molecule has 0 amide bonds. The Morgan fingerprint density at radius 1 is 1.50 bits per heavy atom. The molecule has 0 radical (unpaired) electrons. The van der Waals surface area contributed by atoms with Gasteiger partial charge in [0, 0.05) is 6.20 Å². The number of halogens is 2. The molecule has 4 heteroatoms. The summed E-state index contributed by atoms with van der Waals surface area (Å²) in [5.41, 5.74) is 0.746. The summed E-state index contributed by atoms with van der Waals surface area (Å²) in [5.74, 6) is 0. The Morgan fingerprint density at radius 2 is 2.00 bits per heavy atom. The number of aromatic nitrogens is 2. The van der Waals surface area contributed by atoms with E-state index in [1.165, 1.54) is 18.8 Å². The Hall–Kier alpha value is -0.930. The van der Waals surface area contributed by atoms with Gasteiger partial charge in [-0.15, -0.1) is 0 Å². The molecule has 12 heavy (non-hydrogen) atoms. The number of rotatable bonds is 1. The van der Waals surface area contributed by atoms with Gasteiger partial charge in [-0.25, -0.2) is 4.68 Å². The number of nitrogens with zero attached hydrogens (tertiary/aromatic N) is 2. The van der Waals surface area contributed by atoms with Crippen molar-refractivity contribution >= 4 is 0 Å². The van der Waals surface area contributed by atoms with Gasteiger partial charge in [0.05, 0.1) is 6.20 Å². The van der Waals surface area contributed by atoms with E-state index in [0.717, 1.165) is 5.56 Å². The minimum Gasteiger partial charge on any atom is -0.211 e. The molecule has 1 heterocycles. The molecule has 0 aromatic carbocycles. The molecule has 0 fully saturated rings. The van der Waals surface area contributed by atoms with Crippen LogP contribution in [-0.4, -0.2) is 9.78 Å². The Bertz CT molecular complexity index is 209. The van der Waals surface area contributed by atoms with Crippen LogP contribution in [-0.2, 0) is 0 Å². The summed E-state index contributed by atoms with van der Waals surface area (Å²) >= 11 is 0. The predicted octanol–water partition coefficient (Wildman–Crippen LogP) is 3.00. The third kappa shape index (κ3) is 4.05. The van der Waals surface area contributed by atoms with Crippen molar-refractivity contribution in [2.24, 2.45) is 0 Å². The maximum Gasteiger partial charge on any atom is 0.333 e. The maximum absolute atomic E-state index is 11.7. The van der Waals surface area contributed by atoms with Crippen LogP contribution in [0.25, 0.3) is 0 Å². The van der Waals surface area contributed by atoms with E-state index in [2.05, 4.69) is 18.9 Å². The van der Waals surface area contributed by atoms with Gasteiger partial charge in [-0.1, -0.05) is 20.3 Å². The van der Waals surface area contributed by atoms with E-state index in [9.17, 15) is 8.78 Å². The molecule has 0 spiro atoms. The van der Waals surface area contributed by atoms with Gasteiger partial charge in [-0.3, -0.25) is 0 Å². The SMILES string of the molecule is CCC.Cc1cnn(C(F)F)c1. The molecular weight excluding hydrogens is 162 g/mol. The van der Waals surface area contributed by atoms with Gasteiger partial charge < -0.3 is 0 Å². The van der Waals surface area contributed by atoms with E-state index in [4.69, 9.17) is 0 Å². The second-order valence-electron chi connectivity index (χ2n) is 2.48. The third-order valence-corrected chi connectivity index (χ3v) is 0.931. The lowest BCUT2D eigenvalue weighted by atomic mass is 10.4. The van der Waals surface area contributed by atoms with Gasteiger partial charge in [0.15, 0.2) is 0 Å². The highest BCUT2D eigenvalue weighted by atomic mass is 19.3. The number of alkyl halides is 2. The second-order valence-corrected chi connectivity index (χ2v) is 2.48. The van der Waals surface area contributed by atoms with Crippen LogP contribution in [0.2, 0.25) is 0 Å². The first kappa shape index (κ1) is 11.1. The van der Waals surface area contributed by atoms with E-state index in [1.54, 1.807) is 6.92 Å². The van der Waals surface area contributed by atoms with Crippen LogP contribution >= 0.6 is 0 Å². The lowest BCUT2D eigenvalue weighted by Crippen LogP contribution is -1.96. The van der Waals surface area contributed by atoms with Gasteiger partial charge >= 0.3 is 6.55 Å². The molecule has 0 bridgehead atoms. The van der Waals surface area contributed by atoms with Gasteiger partial charge in [0.2, 0.25) is 0 Å². The quantitative estimate of drug-likeness (QED) is 0.643. The lowest BCUT2D eigenvalue weighted by Gasteiger charge is -1.94. The Labute approximate surface area is 71.2 Å². The van der Waals surface area contributed by atoms with E-state index in [-0.39, 0.29) is 0 Å². The Balaban J connectivity index is 0.000000354. The standard InChI is InChI=1S/C5H6F2N2.C3H8/c1-4-2-8-9(3-4)5(6)7;1-3-2/h2-3,5H,1H3;3H2,1-2H3. The first-order valence-electron chi connectivity index (χ1n) is 3.90. The summed E-state index contributed by atoms with van der Waals surface area (Å²) in [6.45, 7) is 3.45. The minimum absolute atomic E-state index is 0.620. The molecule has 1 aromatic heterocycles. The topological polar surface area (TPSA) is 17.8 Å². The molecule has 0 aliphatic rings. The van der Waals surface area contributed by atoms with Crippen molar-refractivity contribution in [3.63, 3.8) is 0 Å². The third-order valence-electron chi connectivity index (χ3n) is 0.931. The van der Waals surface area contributed by atoms with Crippen LogP contribution in [0.15, 0.2) is 12.4 Å². The molecule has 2 nitrogen and oxygen atoms in total. The molecule has 0 unspecified atom stereocenters. The normalized spacial score (nSPS) is 9.50. The zero-order valence-electron chi connectivity index (χ0n) is 7.59. The van der Waals surface area contributed by atoms with Crippen LogP contribution in [0.4, 0.5) is 8.78 Å². The molecule has 70 valence electrons. The highest BCUT2D eigenvalue weighted by Crippen LogP contribution is 2.07. The smallest absolute Gasteiger partial charge is 0.211 e. The predicted molar refractivity (Wildman–Crippen MR) is 44.2 cm³/mol. The fourth-order valence-electron chi connectivity index (χ4n) is 0.540. The first-order valence-corrected chi connectivity index (χ1v) is 3.90. The lowest BCUT2D eigenvalue weighted by molar-refractivity contribution is 0.0565. The molecule has 0 aliphatic carbocycles. The van der Waals surface area contributed by atoms with Gasteiger partial charge in [-0.2, -0.15) is 13.9 Å². The highest BCUT2D eigenvalue weighted by molar-refractivity contribution is 4.99. The monoisotopic (exact) mass is 176 g/mol. The molecule has 0 saturated heterocycles. The molecule has 0 saturated carbocycles. The van der Waals surface area contributed by atoms with Crippen molar-refractivity contribution < 1.29 is 8.78 Å². The first-order chi connectivity index (χ1) is 5.61. The highest BCUT2D eigenvalue weighted by Gasteiger charge is 2.03. The maximum atomic E-state index is 11.7. The minimum atomic E-state index is -2.52. The van der Waals surface area contributed by atoms with E-state index in [1.807, 2.05) is 0 Å². The van der Waals surface area contributed by atoms with E-state index in [0.29, 0.717) is 4.68 Å². The van der Waals surface area contributed by atoms with Gasteiger partial charge in [-0.05, 0) is 12.5 Å². The zero-order valence-corrected chi connectivity index (χ0v) is 7.59. The summed E-state index contributed by atoms with van der Waals surface area (Å²) < 4.78 is 24.0. The summed E-state index contributed by atoms with van der Waals surface area (Å²) in [5, 5.41) is 3.38.